The Morgan fingerprint density at radius 1 is 0.455 bits per heavy atom. The van der Waals surface area contributed by atoms with Gasteiger partial charge in [-0.2, -0.15) is 0 Å². The molecule has 0 aromatic rings. The fourth-order valence-electron chi connectivity index (χ4n) is 4.52. The van der Waals surface area contributed by atoms with Crippen molar-refractivity contribution in [1.82, 2.24) is 4.90 Å². The highest BCUT2D eigenvalue weighted by atomic mass is 16.6. The number of hydrogen-bond acceptors (Lipinski definition) is 10. The summed E-state index contributed by atoms with van der Waals surface area (Å²) in [6, 6.07) is 0. The third kappa shape index (κ3) is 34.5. The zero-order valence-corrected chi connectivity index (χ0v) is 29.0. The highest BCUT2D eigenvalue weighted by Crippen LogP contribution is 2.11. The second-order valence-corrected chi connectivity index (χ2v) is 11.0. The van der Waals surface area contributed by atoms with Crippen molar-refractivity contribution < 1.29 is 43.0 Å². The van der Waals surface area contributed by atoms with E-state index in [1.807, 2.05) is 0 Å². The van der Waals surface area contributed by atoms with E-state index in [4.69, 9.17) is 43.0 Å². The molecular formula is C34H71NO9. The molecule has 1 unspecified atom stereocenters. The summed E-state index contributed by atoms with van der Waals surface area (Å²) in [5.41, 5.74) is 0. The molecule has 0 rings (SSSR count). The van der Waals surface area contributed by atoms with Crippen LogP contribution < -0.4 is 0 Å². The molecule has 0 amide bonds. The van der Waals surface area contributed by atoms with E-state index in [0.717, 1.165) is 39.1 Å². The Balaban J connectivity index is 3.64. The highest BCUT2D eigenvalue weighted by molar-refractivity contribution is 4.62. The van der Waals surface area contributed by atoms with Crippen LogP contribution in [0.25, 0.3) is 0 Å². The van der Waals surface area contributed by atoms with Gasteiger partial charge in [-0.25, -0.2) is 0 Å². The van der Waals surface area contributed by atoms with Crippen LogP contribution in [0.2, 0.25) is 0 Å². The number of nitrogens with zero attached hydrogens (tertiary/aromatic N) is 1. The quantitative estimate of drug-likeness (QED) is 0.0914. The van der Waals surface area contributed by atoms with Crippen LogP contribution in [0.15, 0.2) is 0 Å². The second kappa shape index (κ2) is 38.8. The van der Waals surface area contributed by atoms with E-state index in [1.54, 1.807) is 0 Å². The van der Waals surface area contributed by atoms with Crippen molar-refractivity contribution in [2.75, 3.05) is 125 Å². The number of hydrogen-bond donors (Lipinski definition) is 1. The van der Waals surface area contributed by atoms with Crippen LogP contribution in [-0.4, -0.2) is 141 Å². The van der Waals surface area contributed by atoms with Crippen molar-refractivity contribution in [3.63, 3.8) is 0 Å². The van der Waals surface area contributed by atoms with E-state index in [-0.39, 0.29) is 12.7 Å². The zero-order valence-electron chi connectivity index (χ0n) is 29.0. The molecule has 10 nitrogen and oxygen atoms in total. The summed E-state index contributed by atoms with van der Waals surface area (Å²) in [6.45, 7) is 18.0. The van der Waals surface area contributed by atoms with Crippen molar-refractivity contribution in [2.24, 2.45) is 0 Å². The molecule has 0 spiro atoms. The predicted molar refractivity (Wildman–Crippen MR) is 177 cm³/mol. The third-order valence-corrected chi connectivity index (χ3v) is 7.28. The summed E-state index contributed by atoms with van der Waals surface area (Å²) < 4.78 is 44.8. The first-order valence-corrected chi connectivity index (χ1v) is 17.8. The molecule has 0 heterocycles. The van der Waals surface area contributed by atoms with Gasteiger partial charge in [0.15, 0.2) is 0 Å². The lowest BCUT2D eigenvalue weighted by molar-refractivity contribution is -0.0446. The molecule has 0 saturated carbocycles. The van der Waals surface area contributed by atoms with Crippen LogP contribution in [0.5, 0.6) is 0 Å². The Morgan fingerprint density at radius 3 is 1.25 bits per heavy atom. The second-order valence-electron chi connectivity index (χ2n) is 11.0. The van der Waals surface area contributed by atoms with E-state index in [9.17, 15) is 0 Å². The Labute approximate surface area is 270 Å². The molecule has 0 radical (unpaired) electrons. The Bertz CT molecular complexity index is 515. The molecular weight excluding hydrogens is 566 g/mol. The molecule has 266 valence electrons. The van der Waals surface area contributed by atoms with Crippen molar-refractivity contribution >= 4 is 0 Å². The summed E-state index contributed by atoms with van der Waals surface area (Å²) in [5, 5.41) is 8.60. The van der Waals surface area contributed by atoms with Gasteiger partial charge in [0.1, 0.15) is 0 Å². The first kappa shape index (κ1) is 43.6. The molecule has 0 fully saturated rings. The predicted octanol–water partition coefficient (Wildman–Crippen LogP) is 5.13. The fraction of sp³-hybridized carbons (Fsp3) is 1.00. The maximum atomic E-state index is 8.60. The summed E-state index contributed by atoms with van der Waals surface area (Å²) in [6.07, 6.45) is 14.5. The number of unbranched alkanes of at least 4 members (excludes halogenated alkanes) is 9. The topological polar surface area (TPSA) is 97.3 Å². The number of ether oxygens (including phenoxy) is 8. The Hall–Kier alpha value is -0.400. The normalized spacial score (nSPS) is 12.5. The minimum atomic E-state index is 0.0335. The van der Waals surface area contributed by atoms with Gasteiger partial charge in [-0.3, -0.25) is 0 Å². The summed E-state index contributed by atoms with van der Waals surface area (Å²) in [7, 11) is 0. The fourth-order valence-corrected chi connectivity index (χ4v) is 4.52. The van der Waals surface area contributed by atoms with Crippen molar-refractivity contribution in [3.8, 4) is 0 Å². The van der Waals surface area contributed by atoms with Crippen molar-refractivity contribution in [1.29, 1.82) is 0 Å². The van der Waals surface area contributed by atoms with Crippen LogP contribution >= 0.6 is 0 Å². The molecule has 0 saturated heterocycles. The molecule has 0 aromatic carbocycles. The van der Waals surface area contributed by atoms with Gasteiger partial charge in [0.2, 0.25) is 0 Å². The lowest BCUT2D eigenvalue weighted by Crippen LogP contribution is -2.30. The number of aliphatic hydroxyl groups excluding tert-OH is 1. The first-order chi connectivity index (χ1) is 21.8. The monoisotopic (exact) mass is 638 g/mol. The minimum absolute atomic E-state index is 0.0335. The standard InChI is InChI=1S/C34H71NO9/c1-4-7-8-9-10-11-12-13-14-15-19-44-34(16-17-35(5-2)6-3)33-43-32-31-42-30-29-41-28-27-40-26-25-39-24-23-38-22-21-37-20-18-36/h34,36H,4-33H2,1-3H3. The van der Waals surface area contributed by atoms with E-state index in [1.165, 1.54) is 57.8 Å². The SMILES string of the molecule is CCCCCCCCCCCCOC(CCN(CC)CC)COCCOCCOCCOCCOCCOCCOCCO. The van der Waals surface area contributed by atoms with Gasteiger partial charge in [0.25, 0.3) is 0 Å². The van der Waals surface area contributed by atoms with Crippen molar-refractivity contribution in [2.45, 2.75) is 97.5 Å². The van der Waals surface area contributed by atoms with Gasteiger partial charge in [0.05, 0.1) is 105 Å². The van der Waals surface area contributed by atoms with Crippen LogP contribution in [-0.2, 0) is 37.9 Å². The summed E-state index contributed by atoms with van der Waals surface area (Å²) in [4.78, 5) is 2.44. The molecule has 1 N–H and O–H groups in total. The third-order valence-electron chi connectivity index (χ3n) is 7.28. The Morgan fingerprint density at radius 2 is 0.841 bits per heavy atom. The average molecular weight is 638 g/mol. The first-order valence-electron chi connectivity index (χ1n) is 17.8. The van der Waals surface area contributed by atoms with Crippen LogP contribution in [0.1, 0.15) is 91.4 Å². The molecule has 44 heavy (non-hydrogen) atoms. The maximum absolute atomic E-state index is 8.60. The van der Waals surface area contributed by atoms with Gasteiger partial charge in [-0.05, 0) is 25.9 Å². The van der Waals surface area contributed by atoms with E-state index >= 15 is 0 Å². The Kier molecular flexibility index (Phi) is 38.4. The van der Waals surface area contributed by atoms with Crippen molar-refractivity contribution in [3.05, 3.63) is 0 Å². The van der Waals surface area contributed by atoms with Gasteiger partial charge in [-0.15, -0.1) is 0 Å². The maximum Gasteiger partial charge on any atom is 0.0820 e. The van der Waals surface area contributed by atoms with Gasteiger partial charge in [-0.1, -0.05) is 78.6 Å². The van der Waals surface area contributed by atoms with E-state index in [0.29, 0.717) is 92.5 Å². The molecule has 0 aliphatic rings. The van der Waals surface area contributed by atoms with Gasteiger partial charge < -0.3 is 47.9 Å². The molecule has 0 aliphatic heterocycles. The lowest BCUT2D eigenvalue weighted by Gasteiger charge is -2.23. The van der Waals surface area contributed by atoms with Crippen LogP contribution in [0.4, 0.5) is 0 Å². The largest absolute Gasteiger partial charge is 0.394 e. The molecule has 0 aliphatic carbocycles. The molecule has 10 heteroatoms. The molecule has 0 aromatic heterocycles. The number of aliphatic hydroxyl groups is 1. The zero-order chi connectivity index (χ0) is 32.0. The van der Waals surface area contributed by atoms with Crippen LogP contribution in [0, 0.1) is 0 Å². The number of rotatable bonds is 39. The highest BCUT2D eigenvalue weighted by Gasteiger charge is 2.12. The summed E-state index contributed by atoms with van der Waals surface area (Å²) >= 11 is 0. The van der Waals surface area contributed by atoms with Gasteiger partial charge in [0, 0.05) is 13.2 Å². The molecule has 0 bridgehead atoms. The molecule has 1 atom stereocenters. The van der Waals surface area contributed by atoms with E-state index < -0.39 is 0 Å². The lowest BCUT2D eigenvalue weighted by atomic mass is 10.1. The van der Waals surface area contributed by atoms with Gasteiger partial charge >= 0.3 is 0 Å². The average Bonchev–Trinajstić information content (AvgIpc) is 3.04. The smallest absolute Gasteiger partial charge is 0.0820 e. The van der Waals surface area contributed by atoms with Crippen LogP contribution in [0.3, 0.4) is 0 Å². The summed E-state index contributed by atoms with van der Waals surface area (Å²) in [5.74, 6) is 0. The minimum Gasteiger partial charge on any atom is -0.394 e. The van der Waals surface area contributed by atoms with E-state index in [2.05, 4.69) is 25.7 Å².